The molecule has 2 heteroatoms. The number of benzene rings is 2. The Kier molecular flexibility index (Phi) is 3.46. The van der Waals surface area contributed by atoms with E-state index in [9.17, 15) is 5.11 Å². The van der Waals surface area contributed by atoms with E-state index in [1.165, 1.54) is 5.56 Å². The molecule has 1 aliphatic carbocycles. The van der Waals surface area contributed by atoms with Gasteiger partial charge in [-0.2, -0.15) is 0 Å². The Morgan fingerprint density at radius 3 is 2.15 bits per heavy atom. The fourth-order valence-electron chi connectivity index (χ4n) is 2.15. The van der Waals surface area contributed by atoms with E-state index in [1.807, 2.05) is 24.3 Å². The van der Waals surface area contributed by atoms with Crippen LogP contribution in [-0.4, -0.2) is 11.3 Å². The van der Waals surface area contributed by atoms with Crippen LogP contribution in [0.2, 0.25) is 0 Å². The van der Waals surface area contributed by atoms with Crippen LogP contribution in [0.3, 0.4) is 0 Å². The number of phenols is 1. The van der Waals surface area contributed by atoms with Gasteiger partial charge in [-0.3, -0.25) is 4.99 Å². The number of hydrogen-bond acceptors (Lipinski definition) is 2. The molecule has 20 heavy (non-hydrogen) atoms. The maximum Gasteiger partial charge on any atom is 0.115 e. The highest BCUT2D eigenvalue weighted by molar-refractivity contribution is 5.82. The van der Waals surface area contributed by atoms with Crippen LogP contribution in [0.25, 0.3) is 0 Å². The second-order valence-corrected chi connectivity index (χ2v) is 4.74. The van der Waals surface area contributed by atoms with Crippen LogP contribution in [0, 0.1) is 0 Å². The van der Waals surface area contributed by atoms with Crippen LogP contribution in [0.15, 0.2) is 77.8 Å². The number of aliphatic imine (C=N–C) groups is 1. The van der Waals surface area contributed by atoms with E-state index in [0.29, 0.717) is 5.92 Å². The maximum absolute atomic E-state index is 9.22. The molecule has 0 heterocycles. The smallest absolute Gasteiger partial charge is 0.115 e. The Morgan fingerprint density at radius 1 is 0.850 bits per heavy atom. The highest BCUT2D eigenvalue weighted by Gasteiger charge is 2.05. The molecule has 0 radical (unpaired) electrons. The van der Waals surface area contributed by atoms with Crippen molar-refractivity contribution in [2.75, 3.05) is 0 Å². The fraction of sp³-hybridized carbons (Fsp3) is 0.0556. The van der Waals surface area contributed by atoms with E-state index in [-0.39, 0.29) is 5.75 Å². The molecule has 0 saturated carbocycles. The van der Waals surface area contributed by atoms with Gasteiger partial charge < -0.3 is 5.11 Å². The van der Waals surface area contributed by atoms with Crippen LogP contribution in [0.1, 0.15) is 17.0 Å². The average molecular weight is 261 g/mol. The Morgan fingerprint density at radius 2 is 1.50 bits per heavy atom. The highest BCUT2D eigenvalue weighted by atomic mass is 16.3. The monoisotopic (exact) mass is 261 g/mol. The van der Waals surface area contributed by atoms with Gasteiger partial charge in [-0.1, -0.05) is 36.4 Å². The Balaban J connectivity index is 1.73. The lowest BCUT2D eigenvalue weighted by atomic mass is 10.0. The summed E-state index contributed by atoms with van der Waals surface area (Å²) in [6.45, 7) is 0. The maximum atomic E-state index is 9.22. The standard InChI is InChI=1S/C18H15NO/c20-18-11-5-14(6-12-18)13-19-17-9-7-16(8-10-17)15-3-1-2-4-15/h1-13,15,20H. The minimum absolute atomic E-state index is 0.268. The van der Waals surface area contributed by atoms with Gasteiger partial charge >= 0.3 is 0 Å². The minimum atomic E-state index is 0.268. The van der Waals surface area contributed by atoms with Crippen molar-refractivity contribution in [3.63, 3.8) is 0 Å². The zero-order valence-electron chi connectivity index (χ0n) is 11.0. The molecule has 0 amide bonds. The molecule has 0 spiro atoms. The number of aromatic hydroxyl groups is 1. The molecule has 0 unspecified atom stereocenters. The number of phenolic OH excluding ortho intramolecular Hbond substituents is 1. The van der Waals surface area contributed by atoms with E-state index >= 15 is 0 Å². The van der Waals surface area contributed by atoms with Gasteiger partial charge in [-0.25, -0.2) is 0 Å². The van der Waals surface area contributed by atoms with E-state index in [1.54, 1.807) is 18.3 Å². The third-order valence-corrected chi connectivity index (χ3v) is 3.28. The summed E-state index contributed by atoms with van der Waals surface area (Å²) in [7, 11) is 0. The van der Waals surface area contributed by atoms with E-state index in [2.05, 4.69) is 41.4 Å². The summed E-state index contributed by atoms with van der Waals surface area (Å²) in [6, 6.07) is 15.2. The number of nitrogens with zero attached hydrogens (tertiary/aromatic N) is 1. The second-order valence-electron chi connectivity index (χ2n) is 4.74. The molecular weight excluding hydrogens is 246 g/mol. The average Bonchev–Trinajstić information content (AvgIpc) is 3.01. The molecule has 1 N–H and O–H groups in total. The molecule has 2 aromatic rings. The van der Waals surface area contributed by atoms with E-state index < -0.39 is 0 Å². The molecule has 0 fully saturated rings. The minimum Gasteiger partial charge on any atom is -0.508 e. The topological polar surface area (TPSA) is 32.6 Å². The van der Waals surface area contributed by atoms with Crippen molar-refractivity contribution >= 4 is 11.9 Å². The molecule has 2 nitrogen and oxygen atoms in total. The summed E-state index contributed by atoms with van der Waals surface area (Å²) < 4.78 is 0. The SMILES string of the molecule is Oc1ccc(C=Nc2ccc(C3C=CC=C3)cc2)cc1. The van der Waals surface area contributed by atoms with E-state index in [0.717, 1.165) is 11.3 Å². The third-order valence-electron chi connectivity index (χ3n) is 3.28. The van der Waals surface area contributed by atoms with Crippen molar-refractivity contribution in [1.82, 2.24) is 0 Å². The number of rotatable bonds is 3. The molecule has 0 aliphatic heterocycles. The van der Waals surface area contributed by atoms with E-state index in [4.69, 9.17) is 0 Å². The molecule has 0 bridgehead atoms. The summed E-state index contributed by atoms with van der Waals surface area (Å²) in [4.78, 5) is 4.43. The largest absolute Gasteiger partial charge is 0.508 e. The van der Waals surface area contributed by atoms with Crippen molar-refractivity contribution in [3.05, 3.63) is 84.0 Å². The Labute approximate surface area is 118 Å². The van der Waals surface area contributed by atoms with Crippen molar-refractivity contribution in [3.8, 4) is 5.75 Å². The van der Waals surface area contributed by atoms with Crippen LogP contribution in [-0.2, 0) is 0 Å². The van der Waals surface area contributed by atoms with Gasteiger partial charge in [0.2, 0.25) is 0 Å². The molecule has 2 aromatic carbocycles. The first-order valence-electron chi connectivity index (χ1n) is 6.59. The van der Waals surface area contributed by atoms with Crippen molar-refractivity contribution in [1.29, 1.82) is 0 Å². The van der Waals surface area contributed by atoms with Gasteiger partial charge in [0.1, 0.15) is 5.75 Å². The quantitative estimate of drug-likeness (QED) is 0.818. The first kappa shape index (κ1) is 12.4. The lowest BCUT2D eigenvalue weighted by Gasteiger charge is -2.05. The second kappa shape index (κ2) is 5.57. The Bertz CT molecular complexity index is 652. The summed E-state index contributed by atoms with van der Waals surface area (Å²) in [6.07, 6.45) is 10.3. The molecule has 3 rings (SSSR count). The summed E-state index contributed by atoms with van der Waals surface area (Å²) in [5, 5.41) is 9.22. The van der Waals surface area contributed by atoms with Gasteiger partial charge in [-0.15, -0.1) is 0 Å². The van der Waals surface area contributed by atoms with Gasteiger partial charge in [0, 0.05) is 12.1 Å². The predicted octanol–water partition coefficient (Wildman–Crippen LogP) is 4.35. The zero-order chi connectivity index (χ0) is 13.8. The lowest BCUT2D eigenvalue weighted by Crippen LogP contribution is -1.87. The van der Waals surface area contributed by atoms with Crippen LogP contribution < -0.4 is 0 Å². The zero-order valence-corrected chi connectivity index (χ0v) is 11.0. The van der Waals surface area contributed by atoms with Crippen molar-refractivity contribution in [2.45, 2.75) is 5.92 Å². The Hall–Kier alpha value is -2.61. The number of allylic oxidation sites excluding steroid dienone is 4. The van der Waals surface area contributed by atoms with Crippen LogP contribution in [0.4, 0.5) is 5.69 Å². The molecule has 0 atom stereocenters. The summed E-state index contributed by atoms with van der Waals surface area (Å²) >= 11 is 0. The molecule has 0 aromatic heterocycles. The van der Waals surface area contributed by atoms with Crippen LogP contribution in [0.5, 0.6) is 5.75 Å². The summed E-state index contributed by atoms with van der Waals surface area (Å²) in [5.41, 5.74) is 3.17. The van der Waals surface area contributed by atoms with Crippen molar-refractivity contribution < 1.29 is 5.11 Å². The highest BCUT2D eigenvalue weighted by Crippen LogP contribution is 2.24. The van der Waals surface area contributed by atoms with Crippen molar-refractivity contribution in [2.24, 2.45) is 4.99 Å². The van der Waals surface area contributed by atoms with Gasteiger partial charge in [0.05, 0.1) is 5.69 Å². The summed E-state index contributed by atoms with van der Waals surface area (Å²) in [5.74, 6) is 0.661. The fourth-order valence-corrected chi connectivity index (χ4v) is 2.15. The third kappa shape index (κ3) is 2.86. The molecule has 0 saturated heterocycles. The first-order valence-corrected chi connectivity index (χ1v) is 6.59. The van der Waals surface area contributed by atoms with Gasteiger partial charge in [0.15, 0.2) is 0 Å². The molecular formula is C18H15NO. The van der Waals surface area contributed by atoms with Gasteiger partial charge in [-0.05, 0) is 47.5 Å². The first-order chi connectivity index (χ1) is 9.81. The van der Waals surface area contributed by atoms with Crippen LogP contribution >= 0.6 is 0 Å². The predicted molar refractivity (Wildman–Crippen MR) is 82.8 cm³/mol. The number of hydrogen-bond donors (Lipinski definition) is 1. The molecule has 1 aliphatic rings. The normalized spacial score (nSPS) is 14.4. The lowest BCUT2D eigenvalue weighted by molar-refractivity contribution is 0.475. The van der Waals surface area contributed by atoms with Gasteiger partial charge in [0.25, 0.3) is 0 Å². The molecule has 98 valence electrons.